The number of fused-ring (bicyclic) bond motifs is 1. The van der Waals surface area contributed by atoms with E-state index in [4.69, 9.17) is 4.42 Å². The molecule has 1 aromatic carbocycles. The number of phenols is 1. The van der Waals surface area contributed by atoms with Gasteiger partial charge in [0.2, 0.25) is 5.89 Å². The lowest BCUT2D eigenvalue weighted by Gasteiger charge is -2.10. The summed E-state index contributed by atoms with van der Waals surface area (Å²) in [5.74, 6) is -0.478. The third-order valence-electron chi connectivity index (χ3n) is 4.57. The summed E-state index contributed by atoms with van der Waals surface area (Å²) < 4.78 is 5.52. The molecular formula is C20H19N5O4. The third kappa shape index (κ3) is 3.49. The number of phenolic OH excluding ortho intramolecular Hbond substituents is 1. The number of H-pyrrole nitrogens is 1. The van der Waals surface area contributed by atoms with E-state index < -0.39 is 5.97 Å². The van der Waals surface area contributed by atoms with Crippen molar-refractivity contribution in [2.24, 2.45) is 0 Å². The van der Waals surface area contributed by atoms with Crippen LogP contribution in [0.5, 0.6) is 5.75 Å². The van der Waals surface area contributed by atoms with E-state index in [-0.39, 0.29) is 17.4 Å². The molecule has 3 heterocycles. The number of pyridine rings is 1. The predicted octanol–water partition coefficient (Wildman–Crippen LogP) is 3.75. The zero-order valence-electron chi connectivity index (χ0n) is 15.8. The number of aromatic nitrogens is 4. The van der Waals surface area contributed by atoms with Crippen LogP contribution in [0.1, 0.15) is 41.5 Å². The number of carbonyl (C=O) groups is 1. The molecule has 4 N–H and O–H groups in total. The molecule has 4 aromatic rings. The Morgan fingerprint density at radius 1 is 1.34 bits per heavy atom. The van der Waals surface area contributed by atoms with Gasteiger partial charge in [0, 0.05) is 12.1 Å². The fourth-order valence-corrected chi connectivity index (χ4v) is 2.94. The molecule has 0 bridgehead atoms. The summed E-state index contributed by atoms with van der Waals surface area (Å²) in [6.45, 7) is 4.33. The number of benzene rings is 1. The van der Waals surface area contributed by atoms with E-state index >= 15 is 0 Å². The number of aromatic hydroxyl groups is 1. The number of rotatable bonds is 6. The number of carboxylic acid groups (broad SMARTS) is 1. The average Bonchev–Trinajstić information content (AvgIpc) is 3.34. The van der Waals surface area contributed by atoms with Gasteiger partial charge in [0.25, 0.3) is 0 Å². The summed E-state index contributed by atoms with van der Waals surface area (Å²) in [7, 11) is 0. The van der Waals surface area contributed by atoms with Gasteiger partial charge in [-0.2, -0.15) is 5.10 Å². The van der Waals surface area contributed by atoms with Gasteiger partial charge >= 0.3 is 5.97 Å². The highest BCUT2D eigenvalue weighted by molar-refractivity contribution is 6.00. The molecule has 0 aliphatic carbocycles. The minimum Gasteiger partial charge on any atom is -0.507 e. The topological polar surface area (TPSA) is 137 Å². The molecule has 4 rings (SSSR count). The molecule has 0 radical (unpaired) electrons. The van der Waals surface area contributed by atoms with E-state index in [1.807, 2.05) is 19.9 Å². The maximum absolute atomic E-state index is 11.2. The molecule has 9 heteroatoms. The molecule has 9 nitrogen and oxygen atoms in total. The number of aromatic carboxylic acids is 1. The molecule has 29 heavy (non-hydrogen) atoms. The van der Waals surface area contributed by atoms with Gasteiger partial charge in [0.15, 0.2) is 11.3 Å². The van der Waals surface area contributed by atoms with E-state index in [0.29, 0.717) is 40.3 Å². The van der Waals surface area contributed by atoms with Crippen LogP contribution in [-0.2, 0) is 6.54 Å². The molecule has 3 aromatic heterocycles. The third-order valence-corrected chi connectivity index (χ3v) is 4.57. The summed E-state index contributed by atoms with van der Waals surface area (Å²) in [5, 5.41) is 29.8. The zero-order valence-corrected chi connectivity index (χ0v) is 15.8. The van der Waals surface area contributed by atoms with E-state index in [1.54, 1.807) is 30.7 Å². The Morgan fingerprint density at radius 3 is 2.90 bits per heavy atom. The first-order valence-electron chi connectivity index (χ1n) is 9.02. The van der Waals surface area contributed by atoms with E-state index in [0.717, 1.165) is 5.69 Å². The maximum atomic E-state index is 11.2. The van der Waals surface area contributed by atoms with Crippen molar-refractivity contribution in [3.63, 3.8) is 0 Å². The van der Waals surface area contributed by atoms with Gasteiger partial charge < -0.3 is 19.9 Å². The highest BCUT2D eigenvalue weighted by atomic mass is 16.4. The largest absolute Gasteiger partial charge is 0.507 e. The van der Waals surface area contributed by atoms with Crippen molar-refractivity contribution < 1.29 is 19.4 Å². The maximum Gasteiger partial charge on any atom is 0.357 e. The van der Waals surface area contributed by atoms with Gasteiger partial charge in [-0.25, -0.2) is 14.8 Å². The summed E-state index contributed by atoms with van der Waals surface area (Å²) in [4.78, 5) is 19.9. The molecule has 0 spiro atoms. The summed E-state index contributed by atoms with van der Waals surface area (Å²) in [5.41, 5.74) is 2.86. The number of aromatic amines is 1. The van der Waals surface area contributed by atoms with E-state index in [2.05, 4.69) is 25.5 Å². The van der Waals surface area contributed by atoms with Crippen molar-refractivity contribution in [1.82, 2.24) is 20.2 Å². The fourth-order valence-electron chi connectivity index (χ4n) is 2.94. The van der Waals surface area contributed by atoms with Crippen LogP contribution in [0.25, 0.3) is 22.5 Å². The Bertz CT molecular complexity index is 1190. The van der Waals surface area contributed by atoms with Crippen LogP contribution >= 0.6 is 0 Å². The molecule has 0 aliphatic rings. The smallest absolute Gasteiger partial charge is 0.357 e. The SMILES string of the molecule is CC(C)c1coc(-c2cccc(CNc3cnc4[nH]nc(C(=O)O)c4c3)c2O)n1. The van der Waals surface area contributed by atoms with Crippen molar-refractivity contribution in [1.29, 1.82) is 0 Å². The van der Waals surface area contributed by atoms with E-state index in [1.165, 1.54) is 0 Å². The minimum atomic E-state index is -1.13. The number of anilines is 1. The summed E-state index contributed by atoms with van der Waals surface area (Å²) >= 11 is 0. The number of nitrogens with zero attached hydrogens (tertiary/aromatic N) is 3. The predicted molar refractivity (Wildman–Crippen MR) is 106 cm³/mol. The Kier molecular flexibility index (Phi) is 4.63. The lowest BCUT2D eigenvalue weighted by atomic mass is 10.1. The van der Waals surface area contributed by atoms with Gasteiger partial charge in [-0.05, 0) is 18.1 Å². The van der Waals surface area contributed by atoms with Gasteiger partial charge in [0.05, 0.1) is 28.5 Å². The van der Waals surface area contributed by atoms with Crippen LogP contribution in [-0.4, -0.2) is 36.3 Å². The Morgan fingerprint density at radius 2 is 2.17 bits per heavy atom. The second kappa shape index (κ2) is 7.27. The quantitative estimate of drug-likeness (QED) is 0.389. The minimum absolute atomic E-state index is 0.0701. The second-order valence-corrected chi connectivity index (χ2v) is 6.90. The highest BCUT2D eigenvalue weighted by Crippen LogP contribution is 2.33. The molecule has 0 unspecified atom stereocenters. The van der Waals surface area contributed by atoms with Gasteiger partial charge in [-0.1, -0.05) is 26.0 Å². The van der Waals surface area contributed by atoms with Crippen molar-refractivity contribution in [2.45, 2.75) is 26.3 Å². The summed E-state index contributed by atoms with van der Waals surface area (Å²) in [6.07, 6.45) is 3.16. The normalized spacial score (nSPS) is 11.3. The monoisotopic (exact) mass is 393 g/mol. The summed E-state index contributed by atoms with van der Waals surface area (Å²) in [6, 6.07) is 6.99. The van der Waals surface area contributed by atoms with Crippen LogP contribution < -0.4 is 5.32 Å². The number of oxazole rings is 1. The highest BCUT2D eigenvalue weighted by Gasteiger charge is 2.16. The first-order chi connectivity index (χ1) is 13.9. The van der Waals surface area contributed by atoms with Crippen molar-refractivity contribution >= 4 is 22.7 Å². The van der Waals surface area contributed by atoms with Gasteiger partial charge in [-0.3, -0.25) is 5.10 Å². The Balaban J connectivity index is 1.58. The molecule has 0 aliphatic heterocycles. The van der Waals surface area contributed by atoms with Crippen molar-refractivity contribution in [3.8, 4) is 17.2 Å². The second-order valence-electron chi connectivity index (χ2n) is 6.90. The first kappa shape index (κ1) is 18.5. The molecule has 0 saturated carbocycles. The van der Waals surface area contributed by atoms with Gasteiger partial charge in [0.1, 0.15) is 12.0 Å². The molecule has 0 amide bonds. The van der Waals surface area contributed by atoms with Crippen LogP contribution in [0.4, 0.5) is 5.69 Å². The average molecular weight is 393 g/mol. The Hall–Kier alpha value is -3.88. The van der Waals surface area contributed by atoms with Crippen LogP contribution in [0.3, 0.4) is 0 Å². The Labute approximate surface area is 165 Å². The fraction of sp³-hybridized carbons (Fsp3) is 0.200. The molecule has 148 valence electrons. The van der Waals surface area contributed by atoms with Crippen LogP contribution in [0.2, 0.25) is 0 Å². The van der Waals surface area contributed by atoms with Crippen molar-refractivity contribution in [2.75, 3.05) is 5.32 Å². The lowest BCUT2D eigenvalue weighted by Crippen LogP contribution is -2.01. The number of para-hydroxylation sites is 1. The molecule has 0 saturated heterocycles. The van der Waals surface area contributed by atoms with Crippen molar-refractivity contribution in [3.05, 3.63) is 53.7 Å². The lowest BCUT2D eigenvalue weighted by molar-refractivity contribution is 0.0692. The zero-order chi connectivity index (χ0) is 20.5. The molecule has 0 fully saturated rings. The number of nitrogens with one attached hydrogen (secondary N) is 2. The number of hydrogen-bond donors (Lipinski definition) is 4. The van der Waals surface area contributed by atoms with E-state index in [9.17, 15) is 15.0 Å². The molecular weight excluding hydrogens is 374 g/mol. The first-order valence-corrected chi connectivity index (χ1v) is 9.02. The molecule has 0 atom stereocenters. The van der Waals surface area contributed by atoms with Gasteiger partial charge in [-0.15, -0.1) is 0 Å². The van der Waals surface area contributed by atoms with Crippen LogP contribution in [0.15, 0.2) is 41.1 Å². The number of hydrogen-bond acceptors (Lipinski definition) is 7. The van der Waals surface area contributed by atoms with Crippen LogP contribution in [0, 0.1) is 0 Å². The number of carboxylic acids is 1. The standard InChI is InChI=1S/C20H19N5O4/c1-10(2)15-9-29-19(23-15)13-5-3-4-11(17(13)26)7-21-12-6-14-16(20(27)28)24-25-18(14)22-8-12/h3-6,8-10,21,26H,7H2,1-2H3,(H,27,28)(H,22,24,25).